The Hall–Kier alpha value is -2.70. The number of aromatic nitrogens is 2. The van der Waals surface area contributed by atoms with Gasteiger partial charge in [-0.1, -0.05) is 12.1 Å². The lowest BCUT2D eigenvalue weighted by Gasteiger charge is -2.17. The molecule has 1 amide bonds. The van der Waals surface area contributed by atoms with Crippen LogP contribution in [0.4, 0.5) is 4.39 Å². The summed E-state index contributed by atoms with van der Waals surface area (Å²) in [5.74, 6) is -0.161. The van der Waals surface area contributed by atoms with E-state index >= 15 is 0 Å². The van der Waals surface area contributed by atoms with Crippen LogP contribution in [0, 0.1) is 5.82 Å². The maximum absolute atomic E-state index is 13.4. The van der Waals surface area contributed by atoms with Crippen molar-refractivity contribution in [3.8, 4) is 11.6 Å². The summed E-state index contributed by atoms with van der Waals surface area (Å²) in [6.07, 6.45) is 2.16. The molecular formula is C16H16FN3O3. The fourth-order valence-corrected chi connectivity index (χ4v) is 2.36. The van der Waals surface area contributed by atoms with E-state index in [9.17, 15) is 9.18 Å². The van der Waals surface area contributed by atoms with Gasteiger partial charge in [0.1, 0.15) is 6.10 Å². The van der Waals surface area contributed by atoms with Gasteiger partial charge in [0.2, 0.25) is 5.88 Å². The normalized spacial score (nSPS) is 17.1. The average Bonchev–Trinajstić information content (AvgIpc) is 3.03. The third-order valence-corrected chi connectivity index (χ3v) is 3.52. The van der Waals surface area contributed by atoms with Crippen LogP contribution in [0.2, 0.25) is 0 Å². The number of carbonyl (C=O) groups is 1. The van der Waals surface area contributed by atoms with Crippen LogP contribution in [0.5, 0.6) is 11.6 Å². The molecule has 3 rings (SSSR count). The van der Waals surface area contributed by atoms with Crippen molar-refractivity contribution in [2.75, 3.05) is 19.7 Å². The molecule has 0 saturated carbocycles. The minimum absolute atomic E-state index is 0.0763. The first-order chi connectivity index (χ1) is 11.2. The number of benzene rings is 1. The number of likely N-dealkylation sites (tertiary alicyclic amines) is 1. The summed E-state index contributed by atoms with van der Waals surface area (Å²) in [6, 6.07) is 9.47. The van der Waals surface area contributed by atoms with Crippen LogP contribution in [-0.2, 0) is 4.79 Å². The minimum atomic E-state index is -0.481. The number of amides is 1. The van der Waals surface area contributed by atoms with Crippen molar-refractivity contribution in [1.29, 1.82) is 0 Å². The van der Waals surface area contributed by atoms with Gasteiger partial charge in [-0.15, -0.1) is 5.10 Å². The summed E-state index contributed by atoms with van der Waals surface area (Å²) < 4.78 is 24.3. The van der Waals surface area contributed by atoms with E-state index in [2.05, 4.69) is 10.2 Å². The van der Waals surface area contributed by atoms with E-state index in [0.717, 1.165) is 0 Å². The summed E-state index contributed by atoms with van der Waals surface area (Å²) in [5, 5.41) is 7.60. The first-order valence-corrected chi connectivity index (χ1v) is 7.32. The first-order valence-electron chi connectivity index (χ1n) is 7.32. The van der Waals surface area contributed by atoms with E-state index in [0.29, 0.717) is 25.4 Å². The van der Waals surface area contributed by atoms with Gasteiger partial charge in [0, 0.05) is 25.2 Å². The van der Waals surface area contributed by atoms with Crippen molar-refractivity contribution >= 4 is 5.91 Å². The Labute approximate surface area is 132 Å². The molecule has 120 valence electrons. The standard InChI is InChI=1S/C16H16FN3O3/c17-13-4-1-2-5-14(13)22-11-16(21)20-9-7-12(10-20)23-15-6-3-8-18-19-15/h1-6,8,12H,7,9-11H2/t12-/m1/s1. The number of rotatable bonds is 5. The molecule has 0 bridgehead atoms. The van der Waals surface area contributed by atoms with Gasteiger partial charge in [-0.05, 0) is 18.2 Å². The molecule has 0 unspecified atom stereocenters. The highest BCUT2D eigenvalue weighted by Crippen LogP contribution is 2.18. The quantitative estimate of drug-likeness (QED) is 0.839. The molecule has 23 heavy (non-hydrogen) atoms. The van der Waals surface area contributed by atoms with Crippen LogP contribution in [0.15, 0.2) is 42.6 Å². The molecule has 2 aromatic rings. The van der Waals surface area contributed by atoms with Gasteiger partial charge in [0.25, 0.3) is 5.91 Å². The number of ether oxygens (including phenoxy) is 2. The monoisotopic (exact) mass is 317 g/mol. The van der Waals surface area contributed by atoms with Crippen LogP contribution in [-0.4, -0.2) is 46.8 Å². The summed E-state index contributed by atoms with van der Waals surface area (Å²) >= 11 is 0. The molecule has 1 aliphatic heterocycles. The van der Waals surface area contributed by atoms with E-state index in [4.69, 9.17) is 9.47 Å². The second kappa shape index (κ2) is 7.04. The van der Waals surface area contributed by atoms with E-state index in [1.807, 2.05) is 0 Å². The fraction of sp³-hybridized carbons (Fsp3) is 0.312. The van der Waals surface area contributed by atoms with Crippen molar-refractivity contribution in [2.45, 2.75) is 12.5 Å². The zero-order chi connectivity index (χ0) is 16.1. The van der Waals surface area contributed by atoms with Gasteiger partial charge < -0.3 is 14.4 Å². The fourth-order valence-electron chi connectivity index (χ4n) is 2.36. The molecule has 1 aliphatic rings. The molecule has 7 heteroatoms. The summed E-state index contributed by atoms with van der Waals surface area (Å²) in [6.45, 7) is 0.833. The zero-order valence-corrected chi connectivity index (χ0v) is 12.4. The lowest BCUT2D eigenvalue weighted by atomic mass is 10.3. The van der Waals surface area contributed by atoms with Gasteiger partial charge in [0.05, 0.1) is 6.54 Å². The molecule has 1 aromatic carbocycles. The second-order valence-electron chi connectivity index (χ2n) is 5.15. The first kappa shape index (κ1) is 15.2. The average molecular weight is 317 g/mol. The minimum Gasteiger partial charge on any atom is -0.481 e. The van der Waals surface area contributed by atoms with Crippen molar-refractivity contribution in [2.24, 2.45) is 0 Å². The maximum atomic E-state index is 13.4. The number of nitrogens with zero attached hydrogens (tertiary/aromatic N) is 3. The number of hydrogen-bond acceptors (Lipinski definition) is 5. The Bertz CT molecular complexity index is 669. The molecule has 1 saturated heterocycles. The highest BCUT2D eigenvalue weighted by molar-refractivity contribution is 5.78. The molecule has 0 N–H and O–H groups in total. The zero-order valence-electron chi connectivity index (χ0n) is 12.4. The molecule has 0 radical (unpaired) electrons. The van der Waals surface area contributed by atoms with Gasteiger partial charge in [-0.3, -0.25) is 4.79 Å². The Morgan fingerprint density at radius 3 is 2.96 bits per heavy atom. The van der Waals surface area contributed by atoms with Crippen molar-refractivity contribution in [3.63, 3.8) is 0 Å². The van der Waals surface area contributed by atoms with Crippen LogP contribution in [0.1, 0.15) is 6.42 Å². The Morgan fingerprint density at radius 2 is 2.17 bits per heavy atom. The van der Waals surface area contributed by atoms with Crippen LogP contribution in [0.3, 0.4) is 0 Å². The van der Waals surface area contributed by atoms with Crippen molar-refractivity contribution < 1.29 is 18.7 Å². The molecule has 0 aliphatic carbocycles. The smallest absolute Gasteiger partial charge is 0.260 e. The van der Waals surface area contributed by atoms with Gasteiger partial charge in [-0.2, -0.15) is 5.10 Å². The Morgan fingerprint density at radius 1 is 1.30 bits per heavy atom. The molecule has 6 nitrogen and oxygen atoms in total. The molecule has 1 atom stereocenters. The molecular weight excluding hydrogens is 301 g/mol. The highest BCUT2D eigenvalue weighted by atomic mass is 19.1. The third kappa shape index (κ3) is 3.94. The molecule has 1 fully saturated rings. The Balaban J connectivity index is 1.49. The van der Waals surface area contributed by atoms with Gasteiger partial charge in [-0.25, -0.2) is 4.39 Å². The van der Waals surface area contributed by atoms with Gasteiger partial charge in [0.15, 0.2) is 18.2 Å². The SMILES string of the molecule is O=C(COc1ccccc1F)N1CC[C@@H](Oc2cccnn2)C1. The third-order valence-electron chi connectivity index (χ3n) is 3.52. The number of carbonyl (C=O) groups excluding carboxylic acids is 1. The highest BCUT2D eigenvalue weighted by Gasteiger charge is 2.28. The van der Waals surface area contributed by atoms with Gasteiger partial charge >= 0.3 is 0 Å². The molecule has 2 heterocycles. The summed E-state index contributed by atoms with van der Waals surface area (Å²) in [4.78, 5) is 13.8. The predicted molar refractivity (Wildman–Crippen MR) is 79.5 cm³/mol. The second-order valence-corrected chi connectivity index (χ2v) is 5.15. The summed E-state index contributed by atoms with van der Waals surface area (Å²) in [7, 11) is 0. The molecule has 0 spiro atoms. The van der Waals surface area contributed by atoms with E-state index in [-0.39, 0.29) is 24.4 Å². The maximum Gasteiger partial charge on any atom is 0.260 e. The van der Waals surface area contributed by atoms with Crippen LogP contribution < -0.4 is 9.47 Å². The summed E-state index contributed by atoms with van der Waals surface area (Å²) in [5.41, 5.74) is 0. The number of para-hydroxylation sites is 1. The van der Waals surface area contributed by atoms with Crippen LogP contribution in [0.25, 0.3) is 0 Å². The lowest BCUT2D eigenvalue weighted by molar-refractivity contribution is -0.132. The van der Waals surface area contributed by atoms with Crippen molar-refractivity contribution in [3.05, 3.63) is 48.4 Å². The van der Waals surface area contributed by atoms with Crippen molar-refractivity contribution in [1.82, 2.24) is 15.1 Å². The molecule has 1 aromatic heterocycles. The lowest BCUT2D eigenvalue weighted by Crippen LogP contribution is -2.34. The van der Waals surface area contributed by atoms with E-state index in [1.165, 1.54) is 12.1 Å². The number of halogens is 1. The van der Waals surface area contributed by atoms with E-state index in [1.54, 1.807) is 35.4 Å². The largest absolute Gasteiger partial charge is 0.481 e. The number of hydrogen-bond donors (Lipinski definition) is 0. The topological polar surface area (TPSA) is 64.5 Å². The Kier molecular flexibility index (Phi) is 4.65. The van der Waals surface area contributed by atoms with E-state index < -0.39 is 5.82 Å². The predicted octanol–water partition coefficient (Wildman–Crippen LogP) is 1.67. The van der Waals surface area contributed by atoms with Crippen LogP contribution >= 0.6 is 0 Å².